The fourth-order valence-corrected chi connectivity index (χ4v) is 4.98. The molecular weight excluding hydrogens is 476 g/mol. The molecule has 2 amide bonds. The Morgan fingerprint density at radius 1 is 1.29 bits per heavy atom. The summed E-state index contributed by atoms with van der Waals surface area (Å²) in [5.74, 6) is 0.210. The predicted molar refractivity (Wildman–Crippen MR) is 131 cm³/mol. The third kappa shape index (κ3) is 5.51. The summed E-state index contributed by atoms with van der Waals surface area (Å²) >= 11 is 7.42. The molecular formula is C23H29ClN6O3S. The van der Waals surface area contributed by atoms with Gasteiger partial charge in [-0.25, -0.2) is 4.98 Å². The maximum absolute atomic E-state index is 13.2. The van der Waals surface area contributed by atoms with E-state index in [0.29, 0.717) is 21.8 Å². The van der Waals surface area contributed by atoms with Crippen LogP contribution in [0.4, 0.5) is 0 Å². The van der Waals surface area contributed by atoms with E-state index in [1.54, 1.807) is 37.0 Å². The summed E-state index contributed by atoms with van der Waals surface area (Å²) in [5.41, 5.74) is 0.818. The molecule has 0 unspecified atom stereocenters. The van der Waals surface area contributed by atoms with Crippen LogP contribution in [0.5, 0.6) is 0 Å². The van der Waals surface area contributed by atoms with Gasteiger partial charge < -0.3 is 24.2 Å². The van der Waals surface area contributed by atoms with E-state index in [2.05, 4.69) is 34.2 Å². The molecule has 0 saturated carbocycles. The highest BCUT2D eigenvalue weighted by atomic mass is 35.5. The molecule has 0 radical (unpaired) electrons. The Labute approximate surface area is 207 Å². The van der Waals surface area contributed by atoms with Crippen molar-refractivity contribution in [1.82, 2.24) is 29.8 Å². The normalized spacial score (nSPS) is 15.1. The quantitative estimate of drug-likeness (QED) is 0.528. The first-order chi connectivity index (χ1) is 16.2. The minimum atomic E-state index is -0.297. The molecule has 11 heteroatoms. The minimum Gasteiger partial charge on any atom is -0.355 e. The van der Waals surface area contributed by atoms with Crippen molar-refractivity contribution < 1.29 is 14.1 Å². The van der Waals surface area contributed by atoms with Gasteiger partial charge in [0.15, 0.2) is 11.6 Å². The van der Waals surface area contributed by atoms with Crippen molar-refractivity contribution in [3.63, 3.8) is 0 Å². The van der Waals surface area contributed by atoms with Crippen molar-refractivity contribution in [3.8, 4) is 10.6 Å². The summed E-state index contributed by atoms with van der Waals surface area (Å²) in [7, 11) is 3.30. The first-order valence-electron chi connectivity index (χ1n) is 11.3. The van der Waals surface area contributed by atoms with Crippen molar-refractivity contribution in [2.45, 2.75) is 45.3 Å². The molecule has 0 aromatic carbocycles. The Morgan fingerprint density at radius 3 is 2.65 bits per heavy atom. The van der Waals surface area contributed by atoms with Crippen LogP contribution in [0.15, 0.2) is 28.9 Å². The molecule has 1 aliphatic heterocycles. The zero-order valence-corrected chi connectivity index (χ0v) is 21.3. The van der Waals surface area contributed by atoms with Crippen LogP contribution in [0.1, 0.15) is 53.5 Å². The first kappa shape index (κ1) is 24.4. The standard InChI is InChI=1S/C23H29ClN6O3S/c1-14(2)29-9-7-15(8-10-29)25-22(31)21-26-17(23(32)28(3)4)13-30(21)12-16-11-18(33-27-16)19-5-6-20(24)34-19/h5-6,11,13-15H,7-10,12H2,1-4H3,(H,25,31). The van der Waals surface area contributed by atoms with Crippen LogP contribution in [0.2, 0.25) is 4.34 Å². The molecule has 0 bridgehead atoms. The van der Waals surface area contributed by atoms with Gasteiger partial charge in [-0.15, -0.1) is 11.3 Å². The van der Waals surface area contributed by atoms with Gasteiger partial charge in [-0.3, -0.25) is 9.59 Å². The molecule has 0 atom stereocenters. The van der Waals surface area contributed by atoms with Crippen LogP contribution < -0.4 is 5.32 Å². The Hall–Kier alpha value is -2.69. The lowest BCUT2D eigenvalue weighted by molar-refractivity contribution is 0.0822. The number of hydrogen-bond donors (Lipinski definition) is 1. The van der Waals surface area contributed by atoms with Gasteiger partial charge in [-0.1, -0.05) is 16.8 Å². The van der Waals surface area contributed by atoms with Gasteiger partial charge in [0.05, 0.1) is 15.8 Å². The van der Waals surface area contributed by atoms with Crippen LogP contribution in [-0.2, 0) is 6.54 Å². The predicted octanol–water partition coefficient (Wildman–Crippen LogP) is 3.61. The van der Waals surface area contributed by atoms with E-state index in [1.165, 1.54) is 16.2 Å². The van der Waals surface area contributed by atoms with E-state index < -0.39 is 0 Å². The maximum Gasteiger partial charge on any atom is 0.287 e. The number of piperidine rings is 1. The Kier molecular flexibility index (Phi) is 7.39. The van der Waals surface area contributed by atoms with E-state index in [9.17, 15) is 9.59 Å². The largest absolute Gasteiger partial charge is 0.355 e. The number of thiophene rings is 1. The zero-order chi connectivity index (χ0) is 24.4. The molecule has 1 aliphatic rings. The topological polar surface area (TPSA) is 96.5 Å². The van der Waals surface area contributed by atoms with Crippen molar-refractivity contribution in [3.05, 3.63) is 45.9 Å². The molecule has 3 aromatic heterocycles. The number of rotatable bonds is 7. The fraction of sp³-hybridized carbons (Fsp3) is 0.478. The Balaban J connectivity index is 1.53. The van der Waals surface area contributed by atoms with Gasteiger partial charge >= 0.3 is 0 Å². The van der Waals surface area contributed by atoms with E-state index in [-0.39, 0.29) is 35.9 Å². The SMILES string of the molecule is CC(C)N1CCC(NC(=O)c2nc(C(=O)N(C)C)cn2Cc2cc(-c3ccc(Cl)s3)on2)CC1. The number of imidazole rings is 1. The average molecular weight is 505 g/mol. The number of likely N-dealkylation sites (tertiary alicyclic amines) is 1. The number of nitrogens with one attached hydrogen (secondary N) is 1. The van der Waals surface area contributed by atoms with Gasteiger partial charge in [-0.05, 0) is 38.8 Å². The smallest absolute Gasteiger partial charge is 0.287 e. The van der Waals surface area contributed by atoms with Crippen LogP contribution in [0, 0.1) is 0 Å². The lowest BCUT2D eigenvalue weighted by Gasteiger charge is -2.34. The third-order valence-corrected chi connectivity index (χ3v) is 7.15. The summed E-state index contributed by atoms with van der Waals surface area (Å²) in [5, 5.41) is 7.24. The van der Waals surface area contributed by atoms with Gasteiger partial charge in [0.25, 0.3) is 11.8 Å². The number of amides is 2. The van der Waals surface area contributed by atoms with E-state index >= 15 is 0 Å². The molecule has 0 spiro atoms. The Bertz CT molecular complexity index is 1160. The molecule has 1 saturated heterocycles. The molecule has 4 heterocycles. The molecule has 34 heavy (non-hydrogen) atoms. The molecule has 182 valence electrons. The van der Waals surface area contributed by atoms with Crippen molar-refractivity contribution in [2.24, 2.45) is 0 Å². The lowest BCUT2D eigenvalue weighted by atomic mass is 10.0. The molecule has 3 aromatic rings. The summed E-state index contributed by atoms with van der Waals surface area (Å²) < 4.78 is 7.78. The van der Waals surface area contributed by atoms with Gasteiger partial charge in [0, 0.05) is 51.5 Å². The minimum absolute atomic E-state index is 0.0721. The number of carbonyl (C=O) groups excluding carboxylic acids is 2. The maximum atomic E-state index is 13.2. The van der Waals surface area contributed by atoms with E-state index in [4.69, 9.17) is 16.1 Å². The number of carbonyl (C=O) groups is 2. The average Bonchev–Trinajstić information content (AvgIpc) is 3.53. The zero-order valence-electron chi connectivity index (χ0n) is 19.7. The van der Waals surface area contributed by atoms with Gasteiger partial charge in [-0.2, -0.15) is 0 Å². The van der Waals surface area contributed by atoms with E-state index in [0.717, 1.165) is 30.8 Å². The van der Waals surface area contributed by atoms with Crippen molar-refractivity contribution >= 4 is 34.8 Å². The van der Waals surface area contributed by atoms with Gasteiger partial charge in [0.1, 0.15) is 11.4 Å². The second kappa shape index (κ2) is 10.3. The number of aromatic nitrogens is 3. The summed E-state index contributed by atoms with van der Waals surface area (Å²) in [6.07, 6.45) is 3.35. The highest BCUT2D eigenvalue weighted by Gasteiger charge is 2.26. The van der Waals surface area contributed by atoms with Crippen molar-refractivity contribution in [2.75, 3.05) is 27.2 Å². The van der Waals surface area contributed by atoms with Crippen LogP contribution in [0.25, 0.3) is 10.6 Å². The third-order valence-electron chi connectivity index (χ3n) is 5.91. The molecule has 0 aliphatic carbocycles. The number of hydrogen-bond acceptors (Lipinski definition) is 7. The summed E-state index contributed by atoms with van der Waals surface area (Å²) in [4.78, 5) is 34.8. The van der Waals surface area contributed by atoms with E-state index in [1.807, 2.05) is 6.07 Å². The number of halogens is 1. The van der Waals surface area contributed by atoms with Crippen LogP contribution in [0.3, 0.4) is 0 Å². The molecule has 1 fully saturated rings. The second-order valence-electron chi connectivity index (χ2n) is 8.94. The first-order valence-corrected chi connectivity index (χ1v) is 12.5. The van der Waals surface area contributed by atoms with Crippen LogP contribution >= 0.6 is 22.9 Å². The van der Waals surface area contributed by atoms with Crippen LogP contribution in [-0.4, -0.2) is 75.6 Å². The lowest BCUT2D eigenvalue weighted by Crippen LogP contribution is -2.47. The Morgan fingerprint density at radius 2 is 2.03 bits per heavy atom. The number of nitrogens with zero attached hydrogens (tertiary/aromatic N) is 5. The fourth-order valence-electron chi connectivity index (χ4n) is 3.98. The summed E-state index contributed by atoms with van der Waals surface area (Å²) in [6, 6.07) is 6.04. The van der Waals surface area contributed by atoms with Gasteiger partial charge in [0.2, 0.25) is 0 Å². The summed E-state index contributed by atoms with van der Waals surface area (Å²) in [6.45, 7) is 6.49. The molecule has 9 nitrogen and oxygen atoms in total. The second-order valence-corrected chi connectivity index (χ2v) is 10.7. The highest BCUT2D eigenvalue weighted by Crippen LogP contribution is 2.31. The monoisotopic (exact) mass is 504 g/mol. The highest BCUT2D eigenvalue weighted by molar-refractivity contribution is 7.19. The molecule has 4 rings (SSSR count). The molecule has 1 N–H and O–H groups in total. The van der Waals surface area contributed by atoms with Crippen molar-refractivity contribution in [1.29, 1.82) is 0 Å².